The second-order valence-electron chi connectivity index (χ2n) is 13.6. The predicted octanol–water partition coefficient (Wildman–Crippen LogP) is 13.6. The van der Waals surface area contributed by atoms with E-state index in [4.69, 9.17) is 13.8 Å². The lowest BCUT2D eigenvalue weighted by Crippen LogP contribution is -2.11. The largest absolute Gasteiger partial charge is 0.456 e. The average molecular weight is 694 g/mol. The van der Waals surface area contributed by atoms with Gasteiger partial charge in [-0.05, 0) is 83.9 Å². The lowest BCUT2D eigenvalue weighted by Gasteiger charge is -2.27. The third kappa shape index (κ3) is 4.76. The fourth-order valence-corrected chi connectivity index (χ4v) is 7.96. The molecular formula is C49H31N3O2. The fourth-order valence-electron chi connectivity index (χ4n) is 7.96. The summed E-state index contributed by atoms with van der Waals surface area (Å²) in [4.78, 5) is 7.18. The van der Waals surface area contributed by atoms with Gasteiger partial charge < -0.3 is 18.3 Å². The molecule has 254 valence electrons. The summed E-state index contributed by atoms with van der Waals surface area (Å²) in [6.45, 7) is 0. The Morgan fingerprint density at radius 2 is 1.13 bits per heavy atom. The van der Waals surface area contributed by atoms with Crippen LogP contribution < -0.4 is 4.90 Å². The van der Waals surface area contributed by atoms with Crippen LogP contribution in [0.15, 0.2) is 197 Å². The van der Waals surface area contributed by atoms with Crippen molar-refractivity contribution < 1.29 is 8.83 Å². The van der Waals surface area contributed by atoms with Gasteiger partial charge in [0.05, 0.1) is 22.1 Å². The van der Waals surface area contributed by atoms with Crippen LogP contribution in [0.1, 0.15) is 0 Å². The van der Waals surface area contributed by atoms with Crippen molar-refractivity contribution in [3.8, 4) is 28.3 Å². The summed E-state index contributed by atoms with van der Waals surface area (Å²) in [6.07, 6.45) is 0. The van der Waals surface area contributed by atoms with Gasteiger partial charge in [0.1, 0.15) is 16.7 Å². The van der Waals surface area contributed by atoms with Crippen molar-refractivity contribution in [2.24, 2.45) is 0 Å². The molecule has 3 aromatic heterocycles. The number of oxazole rings is 1. The van der Waals surface area contributed by atoms with E-state index in [1.54, 1.807) is 0 Å². The minimum atomic E-state index is 0.594. The van der Waals surface area contributed by atoms with Crippen molar-refractivity contribution in [1.29, 1.82) is 0 Å². The Balaban J connectivity index is 1.15. The Hall–Kier alpha value is -7.37. The van der Waals surface area contributed by atoms with Crippen molar-refractivity contribution in [1.82, 2.24) is 9.55 Å². The van der Waals surface area contributed by atoms with Crippen LogP contribution in [0.3, 0.4) is 0 Å². The number of nitrogens with zero attached hydrogens (tertiary/aromatic N) is 3. The average Bonchev–Trinajstić information content (AvgIpc) is 3.94. The predicted molar refractivity (Wildman–Crippen MR) is 221 cm³/mol. The van der Waals surface area contributed by atoms with Gasteiger partial charge in [-0.2, -0.15) is 0 Å². The SMILES string of the molecule is c1ccc(-c2ccc(N(c3ccc4c(c3)oc3ccc5nc(-c6ccccc6)oc5c34)c3cccc4c5ccccc5n(-c5ccccc5)c34)cc2)cc1. The molecule has 5 nitrogen and oxygen atoms in total. The second-order valence-corrected chi connectivity index (χ2v) is 13.6. The van der Waals surface area contributed by atoms with Crippen molar-refractivity contribution in [2.75, 3.05) is 4.90 Å². The number of para-hydroxylation sites is 3. The first-order valence-corrected chi connectivity index (χ1v) is 18.1. The molecule has 0 saturated carbocycles. The molecule has 0 saturated heterocycles. The van der Waals surface area contributed by atoms with Crippen molar-refractivity contribution in [3.63, 3.8) is 0 Å². The Labute approximate surface area is 310 Å². The first-order valence-electron chi connectivity index (χ1n) is 18.1. The molecule has 8 aromatic carbocycles. The van der Waals surface area contributed by atoms with Gasteiger partial charge >= 0.3 is 0 Å². The zero-order chi connectivity index (χ0) is 35.6. The van der Waals surface area contributed by atoms with E-state index in [1.807, 2.05) is 42.5 Å². The van der Waals surface area contributed by atoms with Crippen LogP contribution >= 0.6 is 0 Å². The molecule has 0 unspecified atom stereocenters. The number of hydrogen-bond donors (Lipinski definition) is 0. The van der Waals surface area contributed by atoms with Gasteiger partial charge in [-0.15, -0.1) is 0 Å². The van der Waals surface area contributed by atoms with E-state index in [9.17, 15) is 0 Å². The van der Waals surface area contributed by atoms with Gasteiger partial charge in [0, 0.05) is 44.9 Å². The lowest BCUT2D eigenvalue weighted by molar-refractivity contribution is 0.622. The molecule has 54 heavy (non-hydrogen) atoms. The summed E-state index contributed by atoms with van der Waals surface area (Å²) in [5.41, 5.74) is 12.8. The van der Waals surface area contributed by atoms with Gasteiger partial charge in [0.25, 0.3) is 0 Å². The van der Waals surface area contributed by atoms with Crippen LogP contribution in [0, 0.1) is 0 Å². The van der Waals surface area contributed by atoms with E-state index >= 15 is 0 Å². The summed E-state index contributed by atoms with van der Waals surface area (Å²) in [7, 11) is 0. The van der Waals surface area contributed by atoms with E-state index in [0.29, 0.717) is 5.89 Å². The summed E-state index contributed by atoms with van der Waals surface area (Å²) >= 11 is 0. The number of furan rings is 1. The topological polar surface area (TPSA) is 47.3 Å². The van der Waals surface area contributed by atoms with Gasteiger partial charge in [-0.1, -0.05) is 109 Å². The Bertz CT molecular complexity index is 3140. The summed E-state index contributed by atoms with van der Waals surface area (Å²) in [5, 5.41) is 4.29. The van der Waals surface area contributed by atoms with Crippen LogP contribution in [0.25, 0.3) is 83.1 Å². The third-order valence-corrected chi connectivity index (χ3v) is 10.4. The molecule has 11 rings (SSSR count). The molecule has 0 bridgehead atoms. The smallest absolute Gasteiger partial charge is 0.227 e. The zero-order valence-electron chi connectivity index (χ0n) is 29.1. The molecule has 0 fully saturated rings. The second kappa shape index (κ2) is 12.1. The molecule has 5 heteroatoms. The van der Waals surface area contributed by atoms with Crippen LogP contribution in [0.2, 0.25) is 0 Å². The zero-order valence-corrected chi connectivity index (χ0v) is 29.1. The molecule has 0 atom stereocenters. The lowest BCUT2D eigenvalue weighted by atomic mass is 10.0. The van der Waals surface area contributed by atoms with Crippen molar-refractivity contribution in [2.45, 2.75) is 0 Å². The van der Waals surface area contributed by atoms with Crippen LogP contribution in [0.4, 0.5) is 17.1 Å². The normalized spacial score (nSPS) is 11.7. The van der Waals surface area contributed by atoms with E-state index in [1.165, 1.54) is 16.3 Å². The molecule has 0 aliphatic rings. The monoisotopic (exact) mass is 693 g/mol. The van der Waals surface area contributed by atoms with Gasteiger partial charge in [-0.25, -0.2) is 4.98 Å². The van der Waals surface area contributed by atoms with Gasteiger partial charge in [0.15, 0.2) is 5.58 Å². The summed E-state index contributed by atoms with van der Waals surface area (Å²) < 4.78 is 15.5. The quantitative estimate of drug-likeness (QED) is 0.174. The third-order valence-electron chi connectivity index (χ3n) is 10.4. The highest BCUT2D eigenvalue weighted by Crippen LogP contribution is 2.45. The summed E-state index contributed by atoms with van der Waals surface area (Å²) in [5.74, 6) is 0.594. The first-order chi connectivity index (χ1) is 26.8. The number of benzene rings is 8. The Morgan fingerprint density at radius 1 is 0.463 bits per heavy atom. The number of rotatable bonds is 6. The fraction of sp³-hybridized carbons (Fsp3) is 0. The number of fused-ring (bicyclic) bond motifs is 8. The maximum absolute atomic E-state index is 6.62. The van der Waals surface area contributed by atoms with Gasteiger partial charge in [0.2, 0.25) is 5.89 Å². The van der Waals surface area contributed by atoms with E-state index in [2.05, 4.69) is 155 Å². The Morgan fingerprint density at radius 3 is 1.93 bits per heavy atom. The van der Waals surface area contributed by atoms with Crippen molar-refractivity contribution >= 4 is 71.9 Å². The molecule has 3 heterocycles. The van der Waals surface area contributed by atoms with Crippen LogP contribution in [0.5, 0.6) is 0 Å². The van der Waals surface area contributed by atoms with Crippen LogP contribution in [-0.2, 0) is 0 Å². The molecular weight excluding hydrogens is 663 g/mol. The van der Waals surface area contributed by atoms with E-state index in [-0.39, 0.29) is 0 Å². The molecule has 0 aliphatic carbocycles. The van der Waals surface area contributed by atoms with Crippen LogP contribution in [-0.4, -0.2) is 9.55 Å². The van der Waals surface area contributed by atoms with E-state index < -0.39 is 0 Å². The van der Waals surface area contributed by atoms with Crippen molar-refractivity contribution in [3.05, 3.63) is 188 Å². The summed E-state index contributed by atoms with van der Waals surface area (Å²) in [6, 6.07) is 65.7. The standard InChI is InChI=1S/C49H31N3O2/c1-4-13-32(14-5-1)33-23-25-36(26-24-33)51(43-22-12-20-39-38-19-10-11-21-42(38)52(47(39)43)35-17-8-3-9-18-35)37-27-28-40-45(31-37)53-44-30-29-41-48(46(40)44)54-49(50-41)34-15-6-2-7-16-34/h1-31H. The number of aromatic nitrogens is 2. The molecule has 0 radical (unpaired) electrons. The van der Waals surface area contributed by atoms with E-state index in [0.717, 1.165) is 77.9 Å². The molecule has 11 aromatic rings. The number of hydrogen-bond acceptors (Lipinski definition) is 4. The molecule has 0 spiro atoms. The highest BCUT2D eigenvalue weighted by atomic mass is 16.4. The highest BCUT2D eigenvalue weighted by molar-refractivity contribution is 6.18. The van der Waals surface area contributed by atoms with Gasteiger partial charge in [-0.3, -0.25) is 0 Å². The first kappa shape index (κ1) is 30.3. The minimum absolute atomic E-state index is 0.594. The maximum Gasteiger partial charge on any atom is 0.227 e. The molecule has 0 aliphatic heterocycles. The highest BCUT2D eigenvalue weighted by Gasteiger charge is 2.23. The minimum Gasteiger partial charge on any atom is -0.456 e. The Kier molecular flexibility index (Phi) is 6.79. The molecule has 0 N–H and O–H groups in total. The number of anilines is 3. The molecule has 0 amide bonds. The maximum atomic E-state index is 6.62.